The Hall–Kier alpha value is -0.870. The maximum atomic E-state index is 11.1. The maximum absolute atomic E-state index is 11.1. The number of allylic oxidation sites excluding steroid dienone is 1. The lowest BCUT2D eigenvalue weighted by molar-refractivity contribution is -0.411. The molecular weight excluding hydrogens is 352 g/mol. The van der Waals surface area contributed by atoms with Crippen LogP contribution in [0.1, 0.15) is 98.8 Å². The third kappa shape index (κ3) is 6.32. The lowest BCUT2D eigenvalue weighted by Crippen LogP contribution is -2.41. The molecule has 2 rings (SSSR count). The molecule has 162 valence electrons. The zero-order valence-electron chi connectivity index (χ0n) is 18.8. The molecule has 2 fully saturated rings. The quantitative estimate of drug-likeness (QED) is 0.356. The van der Waals surface area contributed by atoms with Gasteiger partial charge in [0.1, 0.15) is 11.7 Å². The summed E-state index contributed by atoms with van der Waals surface area (Å²) in [5, 5.41) is 9.12. The van der Waals surface area contributed by atoms with E-state index in [-0.39, 0.29) is 11.7 Å². The molecule has 1 saturated carbocycles. The van der Waals surface area contributed by atoms with E-state index in [4.69, 9.17) is 14.9 Å². The zero-order chi connectivity index (χ0) is 20.9. The topological polar surface area (TPSA) is 55.8 Å². The fraction of sp³-hybridized carbons (Fsp3) is 0.875. The Balaban J connectivity index is 1.68. The van der Waals surface area contributed by atoms with Gasteiger partial charge in [-0.05, 0) is 76.0 Å². The molecule has 0 aromatic carbocycles. The van der Waals surface area contributed by atoms with Gasteiger partial charge in [0.15, 0.2) is 0 Å². The van der Waals surface area contributed by atoms with Gasteiger partial charge in [-0.3, -0.25) is 4.79 Å². The minimum Gasteiger partial charge on any atom is -0.481 e. The molecule has 0 amide bonds. The number of hydrogen-bond acceptors (Lipinski definition) is 3. The van der Waals surface area contributed by atoms with Crippen LogP contribution in [0, 0.1) is 23.2 Å². The van der Waals surface area contributed by atoms with Crippen LogP contribution in [0.25, 0.3) is 0 Å². The van der Waals surface area contributed by atoms with E-state index >= 15 is 0 Å². The van der Waals surface area contributed by atoms with E-state index in [2.05, 4.69) is 34.3 Å². The second kappa shape index (κ2) is 9.75. The van der Waals surface area contributed by atoms with Crippen LogP contribution in [0.2, 0.25) is 0 Å². The number of carboxylic acids is 1. The monoisotopic (exact) mass is 394 g/mol. The van der Waals surface area contributed by atoms with Crippen molar-refractivity contribution in [1.29, 1.82) is 0 Å². The molecule has 0 aromatic rings. The number of carboxylic acid groups (broad SMARTS) is 1. The van der Waals surface area contributed by atoms with E-state index in [1.807, 2.05) is 0 Å². The van der Waals surface area contributed by atoms with Crippen LogP contribution in [0.15, 0.2) is 12.2 Å². The molecule has 0 aromatic heterocycles. The first kappa shape index (κ1) is 23.4. The van der Waals surface area contributed by atoms with E-state index < -0.39 is 11.9 Å². The molecule has 1 aliphatic carbocycles. The summed E-state index contributed by atoms with van der Waals surface area (Å²) < 4.78 is 0. The summed E-state index contributed by atoms with van der Waals surface area (Å²) in [5.74, 6) is 0.0288. The Morgan fingerprint density at radius 1 is 1.25 bits per heavy atom. The van der Waals surface area contributed by atoms with Gasteiger partial charge in [0.05, 0.1) is 5.92 Å². The first-order valence-corrected chi connectivity index (χ1v) is 11.3. The SMILES string of the molecule is C=C1CCCC(C)(C)[C@@H]1CC[C@H](C)CCC[C@]1(C)CC[C@H]([C@H](C)C(=O)O)OO1. The Bertz CT molecular complexity index is 531. The Kier molecular flexibility index (Phi) is 8.16. The van der Waals surface area contributed by atoms with Crippen molar-refractivity contribution < 1.29 is 19.7 Å². The number of aliphatic carboxylic acids is 1. The van der Waals surface area contributed by atoms with Crippen LogP contribution >= 0.6 is 0 Å². The molecule has 5 atom stereocenters. The molecule has 1 aliphatic heterocycles. The third-order valence-corrected chi connectivity index (χ3v) is 7.38. The van der Waals surface area contributed by atoms with Crippen molar-refractivity contribution in [3.05, 3.63) is 12.2 Å². The van der Waals surface area contributed by atoms with Crippen molar-refractivity contribution in [3.63, 3.8) is 0 Å². The van der Waals surface area contributed by atoms with Crippen molar-refractivity contribution in [2.24, 2.45) is 23.2 Å². The van der Waals surface area contributed by atoms with E-state index in [0.29, 0.717) is 17.3 Å². The molecule has 0 radical (unpaired) electrons. The van der Waals surface area contributed by atoms with Gasteiger partial charge in [0.25, 0.3) is 0 Å². The minimum absolute atomic E-state index is 0.284. The van der Waals surface area contributed by atoms with E-state index in [9.17, 15) is 4.79 Å². The van der Waals surface area contributed by atoms with Crippen molar-refractivity contribution in [1.82, 2.24) is 0 Å². The maximum Gasteiger partial charge on any atom is 0.308 e. The lowest BCUT2D eigenvalue weighted by Gasteiger charge is -2.41. The van der Waals surface area contributed by atoms with Gasteiger partial charge < -0.3 is 5.11 Å². The smallest absolute Gasteiger partial charge is 0.308 e. The highest BCUT2D eigenvalue weighted by Crippen LogP contribution is 2.46. The molecule has 1 N–H and O–H groups in total. The van der Waals surface area contributed by atoms with Crippen LogP contribution < -0.4 is 0 Å². The Labute approximate surface area is 172 Å². The zero-order valence-corrected chi connectivity index (χ0v) is 18.8. The number of carbonyl (C=O) groups is 1. The van der Waals surface area contributed by atoms with Crippen LogP contribution in [-0.2, 0) is 14.6 Å². The lowest BCUT2D eigenvalue weighted by atomic mass is 9.65. The predicted octanol–water partition coefficient (Wildman–Crippen LogP) is 6.55. The van der Waals surface area contributed by atoms with E-state index in [0.717, 1.165) is 25.7 Å². The van der Waals surface area contributed by atoms with Crippen LogP contribution in [-0.4, -0.2) is 22.8 Å². The highest BCUT2D eigenvalue weighted by atomic mass is 17.2. The Morgan fingerprint density at radius 2 is 1.96 bits per heavy atom. The van der Waals surface area contributed by atoms with E-state index in [1.165, 1.54) is 44.1 Å². The molecule has 0 unspecified atom stereocenters. The standard InChI is InChI=1S/C24H42O4/c1-17(11-12-20-18(2)10-8-14-23(20,4)5)9-7-15-24(6)16-13-21(27-28-24)19(3)22(25)26/h17,19-21H,2,7-16H2,1,3-6H3,(H,25,26)/t17-,19+,20-,21-,24-/m1/s1. The van der Waals surface area contributed by atoms with Crippen molar-refractivity contribution in [3.8, 4) is 0 Å². The van der Waals surface area contributed by atoms with Crippen LogP contribution in [0.3, 0.4) is 0 Å². The molecule has 4 nitrogen and oxygen atoms in total. The minimum atomic E-state index is -0.824. The van der Waals surface area contributed by atoms with Gasteiger partial charge in [-0.25, -0.2) is 9.78 Å². The van der Waals surface area contributed by atoms with Gasteiger partial charge in [0.2, 0.25) is 0 Å². The normalized spacial score (nSPS) is 32.7. The highest BCUT2D eigenvalue weighted by molar-refractivity contribution is 5.70. The fourth-order valence-corrected chi connectivity index (χ4v) is 5.06. The summed E-state index contributed by atoms with van der Waals surface area (Å²) >= 11 is 0. The summed E-state index contributed by atoms with van der Waals surface area (Å²) in [5.41, 5.74) is 1.59. The summed E-state index contributed by atoms with van der Waals surface area (Å²) in [4.78, 5) is 22.2. The van der Waals surface area contributed by atoms with Crippen LogP contribution in [0.5, 0.6) is 0 Å². The molecule has 1 saturated heterocycles. The predicted molar refractivity (Wildman–Crippen MR) is 113 cm³/mol. The summed E-state index contributed by atoms with van der Waals surface area (Å²) in [6, 6.07) is 0. The Morgan fingerprint density at radius 3 is 2.54 bits per heavy atom. The second-order valence-corrected chi connectivity index (χ2v) is 10.5. The second-order valence-electron chi connectivity index (χ2n) is 10.5. The average Bonchev–Trinajstić information content (AvgIpc) is 2.60. The molecule has 28 heavy (non-hydrogen) atoms. The molecular formula is C24H42O4. The number of hydrogen-bond donors (Lipinski definition) is 1. The number of rotatable bonds is 9. The molecule has 1 heterocycles. The van der Waals surface area contributed by atoms with Crippen molar-refractivity contribution >= 4 is 5.97 Å². The van der Waals surface area contributed by atoms with Gasteiger partial charge in [-0.2, -0.15) is 0 Å². The molecule has 0 bridgehead atoms. The average molecular weight is 395 g/mol. The molecule has 0 spiro atoms. The van der Waals surface area contributed by atoms with Gasteiger partial charge >= 0.3 is 5.97 Å². The third-order valence-electron chi connectivity index (χ3n) is 7.38. The van der Waals surface area contributed by atoms with Gasteiger partial charge in [0, 0.05) is 0 Å². The fourth-order valence-electron chi connectivity index (χ4n) is 5.06. The largest absolute Gasteiger partial charge is 0.481 e. The van der Waals surface area contributed by atoms with Crippen molar-refractivity contribution in [2.45, 2.75) is 111 Å². The van der Waals surface area contributed by atoms with Crippen molar-refractivity contribution in [2.75, 3.05) is 0 Å². The molecule has 2 aliphatic rings. The van der Waals surface area contributed by atoms with E-state index in [1.54, 1.807) is 6.92 Å². The summed E-state index contributed by atoms with van der Waals surface area (Å²) in [7, 11) is 0. The first-order valence-electron chi connectivity index (χ1n) is 11.3. The highest BCUT2D eigenvalue weighted by Gasteiger charge is 2.38. The van der Waals surface area contributed by atoms with Gasteiger partial charge in [-0.1, -0.05) is 52.2 Å². The first-order chi connectivity index (χ1) is 13.0. The van der Waals surface area contributed by atoms with Gasteiger partial charge in [-0.15, -0.1) is 0 Å². The molecule has 4 heteroatoms. The summed E-state index contributed by atoms with van der Waals surface area (Å²) in [6.45, 7) is 15.3. The van der Waals surface area contributed by atoms with Crippen LogP contribution in [0.4, 0.5) is 0 Å². The summed E-state index contributed by atoms with van der Waals surface area (Å²) in [6.07, 6.45) is 10.9.